The fourth-order valence-corrected chi connectivity index (χ4v) is 2.73. The number of benzene rings is 1. The van der Waals surface area contributed by atoms with E-state index in [-0.39, 0.29) is 0 Å². The molecule has 0 aromatic heterocycles. The van der Waals surface area contributed by atoms with E-state index in [4.69, 9.17) is 0 Å². The van der Waals surface area contributed by atoms with Crippen molar-refractivity contribution in [1.82, 2.24) is 5.32 Å². The van der Waals surface area contributed by atoms with Gasteiger partial charge in [0.05, 0.1) is 0 Å². The zero-order valence-corrected chi connectivity index (χ0v) is 10.6. The van der Waals surface area contributed by atoms with Crippen molar-refractivity contribution in [3.05, 3.63) is 34.9 Å². The highest BCUT2D eigenvalue weighted by Crippen LogP contribution is 2.23. The molecule has 16 heavy (non-hydrogen) atoms. The van der Waals surface area contributed by atoms with Gasteiger partial charge in [0.15, 0.2) is 0 Å². The zero-order valence-electron chi connectivity index (χ0n) is 10.6. The van der Waals surface area contributed by atoms with Crippen LogP contribution in [0.15, 0.2) is 18.2 Å². The van der Waals surface area contributed by atoms with Crippen LogP contribution in [0.25, 0.3) is 0 Å². The molecule has 0 fully saturated rings. The van der Waals surface area contributed by atoms with Gasteiger partial charge >= 0.3 is 0 Å². The summed E-state index contributed by atoms with van der Waals surface area (Å²) in [6.45, 7) is 2.26. The van der Waals surface area contributed by atoms with Gasteiger partial charge in [0, 0.05) is 6.04 Å². The lowest BCUT2D eigenvalue weighted by Crippen LogP contribution is -2.27. The second kappa shape index (κ2) is 5.49. The van der Waals surface area contributed by atoms with Gasteiger partial charge in [-0.1, -0.05) is 31.5 Å². The Morgan fingerprint density at radius 2 is 2.06 bits per heavy atom. The Morgan fingerprint density at radius 3 is 2.81 bits per heavy atom. The minimum absolute atomic E-state index is 0.643. The fraction of sp³-hybridized carbons (Fsp3) is 0.600. The number of aryl methyl sites for hydroxylation is 2. The van der Waals surface area contributed by atoms with E-state index >= 15 is 0 Å². The Hall–Kier alpha value is -0.820. The van der Waals surface area contributed by atoms with Crippen LogP contribution >= 0.6 is 0 Å². The van der Waals surface area contributed by atoms with Crippen LogP contribution in [0.3, 0.4) is 0 Å². The zero-order chi connectivity index (χ0) is 11.4. The number of hydrogen-bond donors (Lipinski definition) is 1. The van der Waals surface area contributed by atoms with Crippen LogP contribution in [0, 0.1) is 0 Å². The lowest BCUT2D eigenvalue weighted by molar-refractivity contribution is 0.513. The van der Waals surface area contributed by atoms with Crippen LogP contribution in [0.5, 0.6) is 0 Å². The number of rotatable bonds is 5. The molecule has 1 aromatic carbocycles. The Bertz CT molecular complexity index is 343. The second-order valence-electron chi connectivity index (χ2n) is 4.94. The van der Waals surface area contributed by atoms with Gasteiger partial charge in [-0.2, -0.15) is 0 Å². The van der Waals surface area contributed by atoms with Crippen molar-refractivity contribution < 1.29 is 0 Å². The van der Waals surface area contributed by atoms with E-state index in [1.807, 2.05) is 0 Å². The smallest absolute Gasteiger partial charge is 0.0104 e. The summed E-state index contributed by atoms with van der Waals surface area (Å²) in [5.41, 5.74) is 4.69. The Kier molecular flexibility index (Phi) is 4.00. The first-order valence-corrected chi connectivity index (χ1v) is 6.61. The fourth-order valence-electron chi connectivity index (χ4n) is 2.73. The predicted octanol–water partition coefficient (Wildman–Crippen LogP) is 3.11. The molecule has 1 nitrogen and oxygen atoms in total. The molecule has 1 aromatic rings. The molecule has 1 aliphatic rings. The van der Waals surface area contributed by atoms with Crippen molar-refractivity contribution in [2.24, 2.45) is 0 Å². The third-order valence-electron chi connectivity index (χ3n) is 3.69. The van der Waals surface area contributed by atoms with E-state index in [0.29, 0.717) is 6.04 Å². The average Bonchev–Trinajstić information content (AvgIpc) is 2.75. The molecular formula is C15H23N. The van der Waals surface area contributed by atoms with Crippen molar-refractivity contribution in [1.29, 1.82) is 0 Å². The average molecular weight is 217 g/mol. The van der Waals surface area contributed by atoms with Gasteiger partial charge in [0.25, 0.3) is 0 Å². The van der Waals surface area contributed by atoms with Gasteiger partial charge in [0.2, 0.25) is 0 Å². The third-order valence-corrected chi connectivity index (χ3v) is 3.69. The minimum atomic E-state index is 0.643. The predicted molar refractivity (Wildman–Crippen MR) is 69.9 cm³/mol. The molecule has 0 saturated heterocycles. The number of likely N-dealkylation sites (N-methyl/N-ethyl adjacent to an activating group) is 1. The summed E-state index contributed by atoms with van der Waals surface area (Å²) in [7, 11) is 2.08. The van der Waals surface area contributed by atoms with E-state index in [9.17, 15) is 0 Å². The first-order valence-electron chi connectivity index (χ1n) is 6.61. The van der Waals surface area contributed by atoms with Crippen molar-refractivity contribution in [2.75, 3.05) is 7.05 Å². The van der Waals surface area contributed by atoms with Crippen molar-refractivity contribution >= 4 is 0 Å². The Balaban J connectivity index is 2.04. The van der Waals surface area contributed by atoms with E-state index < -0.39 is 0 Å². The standard InChI is InChI=1S/C15H23N/c1-3-5-15(16-2)11-12-8-9-13-6-4-7-14(13)10-12/h8-10,15-16H,3-7,11H2,1-2H3. The van der Waals surface area contributed by atoms with Gasteiger partial charge in [-0.25, -0.2) is 0 Å². The SMILES string of the molecule is CCCC(Cc1ccc2c(c1)CCC2)NC. The first-order chi connectivity index (χ1) is 7.83. The number of nitrogens with one attached hydrogen (secondary N) is 1. The lowest BCUT2D eigenvalue weighted by atomic mass is 9.99. The molecule has 1 heteroatoms. The summed E-state index contributed by atoms with van der Waals surface area (Å²) >= 11 is 0. The van der Waals surface area contributed by atoms with Crippen LogP contribution in [0.4, 0.5) is 0 Å². The largest absolute Gasteiger partial charge is 0.317 e. The highest BCUT2D eigenvalue weighted by molar-refractivity contribution is 5.35. The molecule has 0 saturated carbocycles. The molecule has 2 rings (SSSR count). The minimum Gasteiger partial charge on any atom is -0.317 e. The topological polar surface area (TPSA) is 12.0 Å². The van der Waals surface area contributed by atoms with Gasteiger partial charge in [-0.3, -0.25) is 0 Å². The lowest BCUT2D eigenvalue weighted by Gasteiger charge is -2.15. The summed E-state index contributed by atoms with van der Waals surface area (Å²) in [5, 5.41) is 3.42. The molecule has 1 atom stereocenters. The normalized spacial score (nSPS) is 16.1. The van der Waals surface area contributed by atoms with Crippen molar-refractivity contribution in [2.45, 2.75) is 51.5 Å². The third kappa shape index (κ3) is 2.65. The highest BCUT2D eigenvalue weighted by Gasteiger charge is 2.12. The van der Waals surface area contributed by atoms with Crippen LogP contribution in [0.2, 0.25) is 0 Å². The molecule has 0 bridgehead atoms. The summed E-state index contributed by atoms with van der Waals surface area (Å²) < 4.78 is 0. The van der Waals surface area contributed by atoms with E-state index in [2.05, 4.69) is 37.5 Å². The van der Waals surface area contributed by atoms with Crippen molar-refractivity contribution in [3.8, 4) is 0 Å². The summed E-state index contributed by atoms with van der Waals surface area (Å²) in [6, 6.07) is 7.74. The van der Waals surface area contributed by atoms with Gasteiger partial charge < -0.3 is 5.32 Å². The Labute approximate surface area is 99.3 Å². The maximum Gasteiger partial charge on any atom is 0.0104 e. The molecule has 0 radical (unpaired) electrons. The van der Waals surface area contributed by atoms with Gasteiger partial charge in [-0.15, -0.1) is 0 Å². The monoisotopic (exact) mass is 217 g/mol. The number of fused-ring (bicyclic) bond motifs is 1. The van der Waals surface area contributed by atoms with Crippen LogP contribution < -0.4 is 5.32 Å². The quantitative estimate of drug-likeness (QED) is 0.799. The van der Waals surface area contributed by atoms with E-state index in [0.717, 1.165) is 0 Å². The van der Waals surface area contributed by atoms with Gasteiger partial charge in [0.1, 0.15) is 0 Å². The van der Waals surface area contributed by atoms with Gasteiger partial charge in [-0.05, 0) is 55.8 Å². The first kappa shape index (κ1) is 11.7. The summed E-state index contributed by atoms with van der Waals surface area (Å²) in [6.07, 6.45) is 7.64. The molecule has 0 amide bonds. The van der Waals surface area contributed by atoms with E-state index in [1.165, 1.54) is 44.1 Å². The summed E-state index contributed by atoms with van der Waals surface area (Å²) in [5.74, 6) is 0. The maximum atomic E-state index is 3.42. The molecule has 1 N–H and O–H groups in total. The molecule has 0 aliphatic heterocycles. The Morgan fingerprint density at radius 1 is 1.25 bits per heavy atom. The molecular weight excluding hydrogens is 194 g/mol. The molecule has 1 unspecified atom stereocenters. The number of hydrogen-bond acceptors (Lipinski definition) is 1. The summed E-state index contributed by atoms with van der Waals surface area (Å²) in [4.78, 5) is 0. The molecule has 0 spiro atoms. The van der Waals surface area contributed by atoms with Crippen LogP contribution in [-0.2, 0) is 19.3 Å². The maximum absolute atomic E-state index is 3.42. The molecule has 1 aliphatic carbocycles. The van der Waals surface area contributed by atoms with Crippen LogP contribution in [0.1, 0.15) is 42.9 Å². The second-order valence-corrected chi connectivity index (χ2v) is 4.94. The van der Waals surface area contributed by atoms with E-state index in [1.54, 1.807) is 11.1 Å². The molecule has 0 heterocycles. The van der Waals surface area contributed by atoms with Crippen molar-refractivity contribution in [3.63, 3.8) is 0 Å². The highest BCUT2D eigenvalue weighted by atomic mass is 14.9. The van der Waals surface area contributed by atoms with Crippen LogP contribution in [-0.4, -0.2) is 13.1 Å². The molecule has 88 valence electrons.